The first-order chi connectivity index (χ1) is 13.9. The molecule has 0 saturated carbocycles. The Balaban J connectivity index is 2.91. The quantitative estimate of drug-likeness (QED) is 0.616. The van der Waals surface area contributed by atoms with E-state index < -0.39 is 31.3 Å². The number of aryl methyl sites for hydroxylation is 1. The Morgan fingerprint density at radius 2 is 1.20 bits per heavy atom. The molecule has 1 unspecified atom stereocenters. The number of rotatable bonds is 7. The predicted molar refractivity (Wildman–Crippen MR) is 122 cm³/mol. The van der Waals surface area contributed by atoms with Gasteiger partial charge in [-0.1, -0.05) is 77.4 Å². The molecule has 0 radical (unpaired) electrons. The lowest BCUT2D eigenvalue weighted by Crippen LogP contribution is -2.44. The maximum Gasteiger partial charge on any atom is 0.137 e. The zero-order valence-corrected chi connectivity index (χ0v) is 19.5. The lowest BCUT2D eigenvalue weighted by Gasteiger charge is -2.42. The van der Waals surface area contributed by atoms with E-state index in [0.717, 1.165) is 22.3 Å². The molecule has 0 fully saturated rings. The predicted octanol–water partition coefficient (Wildman–Crippen LogP) is 4.67. The fraction of sp³-hybridized carbons (Fsp3) is 0.538. The lowest BCUT2D eigenvalue weighted by atomic mass is 9.69. The smallest absolute Gasteiger partial charge is 0.137 e. The number of benzene rings is 2. The number of hydrogen-bond donors (Lipinski definition) is 3. The summed E-state index contributed by atoms with van der Waals surface area (Å²) in [5.74, 6) is 0.627. The van der Waals surface area contributed by atoms with E-state index in [1.165, 1.54) is 0 Å². The van der Waals surface area contributed by atoms with Crippen LogP contribution < -0.4 is 4.74 Å². The van der Waals surface area contributed by atoms with E-state index in [9.17, 15) is 15.3 Å². The van der Waals surface area contributed by atoms with Crippen LogP contribution in [0.3, 0.4) is 0 Å². The van der Waals surface area contributed by atoms with E-state index in [0.29, 0.717) is 5.75 Å². The van der Waals surface area contributed by atoms with Crippen molar-refractivity contribution >= 4 is 0 Å². The molecule has 0 aliphatic rings. The number of ether oxygens (including phenoxy) is 1. The van der Waals surface area contributed by atoms with Crippen LogP contribution in [0.1, 0.15) is 69.9 Å². The highest BCUT2D eigenvalue weighted by molar-refractivity contribution is 5.48. The highest BCUT2D eigenvalue weighted by atomic mass is 16.5. The maximum atomic E-state index is 10.3. The highest BCUT2D eigenvalue weighted by Crippen LogP contribution is 2.46. The Morgan fingerprint density at radius 3 is 1.57 bits per heavy atom. The normalized spacial score (nSPS) is 13.9. The average Bonchev–Trinajstić information content (AvgIpc) is 2.68. The molecular weight excluding hydrogens is 376 g/mol. The number of aliphatic hydroxyl groups is 3. The topological polar surface area (TPSA) is 69.9 Å². The minimum Gasteiger partial charge on any atom is -0.485 e. The first kappa shape index (κ1) is 24.4. The zero-order chi connectivity index (χ0) is 22.7. The van der Waals surface area contributed by atoms with E-state index in [2.05, 4.69) is 60.6 Å². The van der Waals surface area contributed by atoms with Gasteiger partial charge in [-0.2, -0.15) is 0 Å². The fourth-order valence-electron chi connectivity index (χ4n) is 3.85. The minimum absolute atomic E-state index is 0.203. The summed E-state index contributed by atoms with van der Waals surface area (Å²) in [7, 11) is 0. The molecule has 0 bridgehead atoms. The van der Waals surface area contributed by atoms with Crippen LogP contribution in [0.2, 0.25) is 0 Å². The van der Waals surface area contributed by atoms with Gasteiger partial charge in [0.15, 0.2) is 0 Å². The van der Waals surface area contributed by atoms with E-state index in [4.69, 9.17) is 4.74 Å². The number of hydrogen-bond acceptors (Lipinski definition) is 4. The second-order valence-electron chi connectivity index (χ2n) is 10.4. The Kier molecular flexibility index (Phi) is 7.39. The van der Waals surface area contributed by atoms with Gasteiger partial charge in [-0.3, -0.25) is 0 Å². The highest BCUT2D eigenvalue weighted by Gasteiger charge is 2.45. The van der Waals surface area contributed by atoms with Gasteiger partial charge in [0.1, 0.15) is 11.9 Å². The van der Waals surface area contributed by atoms with Gasteiger partial charge in [-0.05, 0) is 41.0 Å². The van der Waals surface area contributed by atoms with Crippen LogP contribution in [-0.2, 0) is 10.8 Å². The molecule has 0 aliphatic carbocycles. The van der Waals surface area contributed by atoms with Crippen LogP contribution in [0.4, 0.5) is 0 Å². The number of para-hydroxylation sites is 1. The molecule has 4 heteroatoms. The zero-order valence-electron chi connectivity index (χ0n) is 19.5. The van der Waals surface area contributed by atoms with Crippen LogP contribution in [0, 0.1) is 12.3 Å². The van der Waals surface area contributed by atoms with Gasteiger partial charge in [0.05, 0.1) is 25.2 Å². The first-order valence-electron chi connectivity index (χ1n) is 10.6. The SMILES string of the molecule is Cc1cc(C(C)(C)C)c(C(Oc2ccccc2)C(CO)(CO)CO)c(C(C)(C)C)c1. The summed E-state index contributed by atoms with van der Waals surface area (Å²) in [6.45, 7) is 13.8. The largest absolute Gasteiger partial charge is 0.485 e. The molecule has 0 amide bonds. The van der Waals surface area contributed by atoms with Gasteiger partial charge in [0.2, 0.25) is 0 Å². The maximum absolute atomic E-state index is 10.3. The molecule has 2 rings (SSSR count). The molecule has 3 N–H and O–H groups in total. The summed E-state index contributed by atoms with van der Waals surface area (Å²) in [5.41, 5.74) is 2.61. The number of aliphatic hydroxyl groups excluding tert-OH is 3. The molecule has 166 valence electrons. The second-order valence-corrected chi connectivity index (χ2v) is 10.4. The van der Waals surface area contributed by atoms with Crippen molar-refractivity contribution in [3.05, 3.63) is 64.7 Å². The van der Waals surface area contributed by atoms with E-state index >= 15 is 0 Å². The van der Waals surface area contributed by atoms with Crippen LogP contribution in [0.15, 0.2) is 42.5 Å². The summed E-state index contributed by atoms with van der Waals surface area (Å²) in [4.78, 5) is 0. The van der Waals surface area contributed by atoms with Crippen molar-refractivity contribution in [2.24, 2.45) is 5.41 Å². The molecule has 0 spiro atoms. The Hall–Kier alpha value is -1.88. The van der Waals surface area contributed by atoms with Crippen molar-refractivity contribution in [3.8, 4) is 5.75 Å². The van der Waals surface area contributed by atoms with Crippen molar-refractivity contribution in [2.75, 3.05) is 19.8 Å². The Labute approximate surface area is 181 Å². The van der Waals surface area contributed by atoms with Gasteiger partial charge in [-0.15, -0.1) is 0 Å². The van der Waals surface area contributed by atoms with Gasteiger partial charge in [0, 0.05) is 5.56 Å². The molecular formula is C26H38O4. The van der Waals surface area contributed by atoms with Crippen molar-refractivity contribution < 1.29 is 20.1 Å². The molecule has 0 aliphatic heterocycles. The van der Waals surface area contributed by atoms with Crippen LogP contribution in [-0.4, -0.2) is 35.1 Å². The fourth-order valence-corrected chi connectivity index (χ4v) is 3.85. The molecule has 1 atom stereocenters. The summed E-state index contributed by atoms with van der Waals surface area (Å²) >= 11 is 0. The average molecular weight is 415 g/mol. The van der Waals surface area contributed by atoms with E-state index in [1.807, 2.05) is 30.3 Å². The molecule has 30 heavy (non-hydrogen) atoms. The molecule has 2 aromatic rings. The Bertz CT molecular complexity index is 781. The Morgan fingerprint density at radius 1 is 0.767 bits per heavy atom. The third-order valence-corrected chi connectivity index (χ3v) is 5.70. The second kappa shape index (κ2) is 9.09. The van der Waals surface area contributed by atoms with Crippen LogP contribution in [0.25, 0.3) is 0 Å². The minimum atomic E-state index is -1.24. The molecule has 0 heterocycles. The standard InChI is InChI=1S/C26H38O4/c1-18-13-20(24(2,3)4)22(21(14-18)25(5,6)7)23(26(15-27,16-28)17-29)30-19-11-9-8-10-12-19/h8-14,23,27-29H,15-17H2,1-7H3. The molecule has 4 nitrogen and oxygen atoms in total. The van der Waals surface area contributed by atoms with E-state index in [1.54, 1.807) is 0 Å². The van der Waals surface area contributed by atoms with Crippen molar-refractivity contribution in [3.63, 3.8) is 0 Å². The summed E-state index contributed by atoms with van der Waals surface area (Å²) in [6, 6.07) is 13.7. The van der Waals surface area contributed by atoms with Crippen molar-refractivity contribution in [2.45, 2.75) is 65.4 Å². The summed E-state index contributed by atoms with van der Waals surface area (Å²) < 4.78 is 6.47. The van der Waals surface area contributed by atoms with Crippen LogP contribution in [0.5, 0.6) is 5.75 Å². The molecule has 0 saturated heterocycles. The third-order valence-electron chi connectivity index (χ3n) is 5.70. The summed E-state index contributed by atoms with van der Waals surface area (Å²) in [6.07, 6.45) is -0.732. The molecule has 2 aromatic carbocycles. The third kappa shape index (κ3) is 5.05. The molecule has 0 aromatic heterocycles. The van der Waals surface area contributed by atoms with Crippen LogP contribution >= 0.6 is 0 Å². The van der Waals surface area contributed by atoms with E-state index in [-0.39, 0.29) is 10.8 Å². The van der Waals surface area contributed by atoms with Crippen molar-refractivity contribution in [1.82, 2.24) is 0 Å². The lowest BCUT2D eigenvalue weighted by molar-refractivity contribution is -0.0752. The van der Waals surface area contributed by atoms with Gasteiger partial charge < -0.3 is 20.1 Å². The van der Waals surface area contributed by atoms with Crippen molar-refractivity contribution in [1.29, 1.82) is 0 Å². The van der Waals surface area contributed by atoms with Gasteiger partial charge >= 0.3 is 0 Å². The van der Waals surface area contributed by atoms with Gasteiger partial charge in [-0.25, -0.2) is 0 Å². The first-order valence-corrected chi connectivity index (χ1v) is 10.6. The van der Waals surface area contributed by atoms with Gasteiger partial charge in [0.25, 0.3) is 0 Å². The summed E-state index contributed by atoms with van der Waals surface area (Å²) in [5, 5.41) is 31.0. The monoisotopic (exact) mass is 414 g/mol.